The molecule has 1 aromatic heterocycles. The first-order valence-electron chi connectivity index (χ1n) is 8.37. The fourth-order valence-corrected chi connectivity index (χ4v) is 3.93. The number of aromatic nitrogens is 1. The molecule has 0 spiro atoms. The van der Waals surface area contributed by atoms with Gasteiger partial charge in [0.15, 0.2) is 0 Å². The maximum atomic E-state index is 12.9. The summed E-state index contributed by atoms with van der Waals surface area (Å²) in [5.41, 5.74) is 0.257. The SMILES string of the molecule is CC(NC(=O)c1ccc(F)cn1)C1(N2CCOCC2)CCCC1. The number of nitrogens with one attached hydrogen (secondary N) is 1. The van der Waals surface area contributed by atoms with E-state index in [2.05, 4.69) is 22.1 Å². The summed E-state index contributed by atoms with van der Waals surface area (Å²) in [7, 11) is 0. The molecule has 2 heterocycles. The summed E-state index contributed by atoms with van der Waals surface area (Å²) in [4.78, 5) is 18.8. The molecule has 1 saturated carbocycles. The monoisotopic (exact) mass is 321 g/mol. The third-order valence-electron chi connectivity index (χ3n) is 5.22. The van der Waals surface area contributed by atoms with E-state index in [4.69, 9.17) is 4.74 Å². The van der Waals surface area contributed by atoms with E-state index in [0.29, 0.717) is 0 Å². The van der Waals surface area contributed by atoms with E-state index in [1.54, 1.807) is 0 Å². The molecule has 1 unspecified atom stereocenters. The van der Waals surface area contributed by atoms with Crippen LogP contribution < -0.4 is 5.32 Å². The van der Waals surface area contributed by atoms with Gasteiger partial charge in [0.25, 0.3) is 5.91 Å². The van der Waals surface area contributed by atoms with Gasteiger partial charge in [-0.15, -0.1) is 0 Å². The maximum absolute atomic E-state index is 12.9. The Hall–Kier alpha value is -1.53. The van der Waals surface area contributed by atoms with Crippen LogP contribution in [0.5, 0.6) is 0 Å². The lowest BCUT2D eigenvalue weighted by atomic mass is 9.86. The Balaban J connectivity index is 1.72. The molecular weight excluding hydrogens is 297 g/mol. The highest BCUT2D eigenvalue weighted by Crippen LogP contribution is 2.38. The number of halogens is 1. The van der Waals surface area contributed by atoms with Gasteiger partial charge < -0.3 is 10.1 Å². The molecule has 5 nitrogen and oxygen atoms in total. The zero-order valence-electron chi connectivity index (χ0n) is 13.6. The van der Waals surface area contributed by atoms with Gasteiger partial charge in [-0.3, -0.25) is 9.69 Å². The van der Waals surface area contributed by atoms with Gasteiger partial charge in [-0.2, -0.15) is 0 Å². The number of morpholine rings is 1. The summed E-state index contributed by atoms with van der Waals surface area (Å²) in [5.74, 6) is -0.674. The first kappa shape index (κ1) is 16.3. The van der Waals surface area contributed by atoms with Gasteiger partial charge >= 0.3 is 0 Å². The van der Waals surface area contributed by atoms with Crippen molar-refractivity contribution in [2.24, 2.45) is 0 Å². The number of ether oxygens (including phenoxy) is 1. The molecule has 1 aliphatic heterocycles. The summed E-state index contributed by atoms with van der Waals surface area (Å²) in [5, 5.41) is 3.09. The van der Waals surface area contributed by atoms with Crippen LogP contribution in [0.2, 0.25) is 0 Å². The van der Waals surface area contributed by atoms with Crippen molar-refractivity contribution in [3.63, 3.8) is 0 Å². The van der Waals surface area contributed by atoms with Crippen LogP contribution >= 0.6 is 0 Å². The highest BCUT2D eigenvalue weighted by Gasteiger charge is 2.45. The molecule has 1 aliphatic carbocycles. The Bertz CT molecular complexity index is 537. The largest absolute Gasteiger partial charge is 0.379 e. The minimum absolute atomic E-state index is 0.000525. The molecule has 23 heavy (non-hydrogen) atoms. The average molecular weight is 321 g/mol. The number of hydrogen-bond acceptors (Lipinski definition) is 4. The molecule has 126 valence electrons. The second-order valence-electron chi connectivity index (χ2n) is 6.47. The Kier molecular flexibility index (Phi) is 4.92. The molecule has 3 rings (SSSR count). The van der Waals surface area contributed by atoms with Crippen molar-refractivity contribution in [2.75, 3.05) is 26.3 Å². The molecule has 1 saturated heterocycles. The van der Waals surface area contributed by atoms with Crippen LogP contribution in [0.25, 0.3) is 0 Å². The van der Waals surface area contributed by atoms with Crippen LogP contribution in [0.3, 0.4) is 0 Å². The van der Waals surface area contributed by atoms with Crippen molar-refractivity contribution in [3.8, 4) is 0 Å². The first-order chi connectivity index (χ1) is 11.1. The summed E-state index contributed by atoms with van der Waals surface area (Å²) < 4.78 is 18.4. The minimum Gasteiger partial charge on any atom is -0.379 e. The number of amides is 1. The second kappa shape index (κ2) is 6.93. The standard InChI is InChI=1S/C17H24FN3O2/c1-13(20-16(22)15-5-4-14(18)12-19-15)17(6-2-3-7-17)21-8-10-23-11-9-21/h4-5,12-13H,2-3,6-11H2,1H3,(H,20,22). The van der Waals surface area contributed by atoms with Crippen molar-refractivity contribution in [3.05, 3.63) is 29.8 Å². The van der Waals surface area contributed by atoms with E-state index in [1.807, 2.05) is 0 Å². The van der Waals surface area contributed by atoms with Gasteiger partial charge in [0, 0.05) is 24.7 Å². The lowest BCUT2D eigenvalue weighted by Gasteiger charge is -2.47. The molecule has 1 atom stereocenters. The Morgan fingerprint density at radius 1 is 1.35 bits per heavy atom. The molecule has 1 aromatic rings. The molecular formula is C17H24FN3O2. The molecule has 1 N–H and O–H groups in total. The van der Waals surface area contributed by atoms with E-state index >= 15 is 0 Å². The number of nitrogens with zero attached hydrogens (tertiary/aromatic N) is 2. The smallest absolute Gasteiger partial charge is 0.270 e. The van der Waals surface area contributed by atoms with Crippen LogP contribution in [0, 0.1) is 5.82 Å². The molecule has 6 heteroatoms. The lowest BCUT2D eigenvalue weighted by Crippen LogP contribution is -2.62. The van der Waals surface area contributed by atoms with Crippen molar-refractivity contribution >= 4 is 5.91 Å². The number of hydrogen-bond donors (Lipinski definition) is 1. The molecule has 2 aliphatic rings. The van der Waals surface area contributed by atoms with Crippen LogP contribution in [-0.4, -0.2) is 53.7 Å². The predicted octanol–water partition coefficient (Wildman–Crippen LogP) is 1.98. The Morgan fingerprint density at radius 3 is 2.65 bits per heavy atom. The van der Waals surface area contributed by atoms with E-state index < -0.39 is 5.82 Å². The third-order valence-corrected chi connectivity index (χ3v) is 5.22. The van der Waals surface area contributed by atoms with Crippen molar-refractivity contribution < 1.29 is 13.9 Å². The van der Waals surface area contributed by atoms with Gasteiger partial charge in [0.1, 0.15) is 11.5 Å². The van der Waals surface area contributed by atoms with Gasteiger partial charge in [-0.05, 0) is 31.9 Å². The van der Waals surface area contributed by atoms with Gasteiger partial charge in [0.05, 0.1) is 19.4 Å². The highest BCUT2D eigenvalue weighted by molar-refractivity contribution is 5.92. The zero-order valence-corrected chi connectivity index (χ0v) is 13.6. The van der Waals surface area contributed by atoms with Gasteiger partial charge in [-0.25, -0.2) is 9.37 Å². The van der Waals surface area contributed by atoms with Crippen molar-refractivity contribution in [2.45, 2.75) is 44.2 Å². The third kappa shape index (κ3) is 3.38. The van der Waals surface area contributed by atoms with Crippen LogP contribution in [0.1, 0.15) is 43.1 Å². The first-order valence-corrected chi connectivity index (χ1v) is 8.37. The summed E-state index contributed by atoms with van der Waals surface area (Å²) in [6, 6.07) is 2.70. The van der Waals surface area contributed by atoms with Gasteiger partial charge in [-0.1, -0.05) is 12.8 Å². The molecule has 0 bridgehead atoms. The van der Waals surface area contributed by atoms with E-state index in [-0.39, 0.29) is 23.2 Å². The van der Waals surface area contributed by atoms with Crippen LogP contribution in [0.4, 0.5) is 4.39 Å². The fraction of sp³-hybridized carbons (Fsp3) is 0.647. The quantitative estimate of drug-likeness (QED) is 0.921. The number of carbonyl (C=O) groups excluding carboxylic acids is 1. The predicted molar refractivity (Wildman–Crippen MR) is 84.7 cm³/mol. The van der Waals surface area contributed by atoms with Crippen molar-refractivity contribution in [1.82, 2.24) is 15.2 Å². The molecule has 2 fully saturated rings. The summed E-state index contributed by atoms with van der Waals surface area (Å²) >= 11 is 0. The number of pyridine rings is 1. The zero-order chi connectivity index (χ0) is 16.3. The highest BCUT2D eigenvalue weighted by atomic mass is 19.1. The van der Waals surface area contributed by atoms with E-state index in [1.165, 1.54) is 25.0 Å². The van der Waals surface area contributed by atoms with E-state index in [9.17, 15) is 9.18 Å². The average Bonchev–Trinajstić information content (AvgIpc) is 3.07. The normalized spacial score (nSPS) is 22.7. The topological polar surface area (TPSA) is 54.5 Å². The second-order valence-corrected chi connectivity index (χ2v) is 6.47. The summed E-state index contributed by atoms with van der Waals surface area (Å²) in [6.45, 7) is 5.40. The fourth-order valence-electron chi connectivity index (χ4n) is 3.93. The van der Waals surface area contributed by atoms with Crippen LogP contribution in [-0.2, 0) is 4.74 Å². The van der Waals surface area contributed by atoms with E-state index in [0.717, 1.165) is 45.3 Å². The molecule has 1 amide bonds. The summed E-state index contributed by atoms with van der Waals surface area (Å²) in [6.07, 6.45) is 5.63. The minimum atomic E-state index is -0.435. The van der Waals surface area contributed by atoms with Gasteiger partial charge in [0.2, 0.25) is 0 Å². The van der Waals surface area contributed by atoms with Crippen LogP contribution in [0.15, 0.2) is 18.3 Å². The Morgan fingerprint density at radius 2 is 2.04 bits per heavy atom. The maximum Gasteiger partial charge on any atom is 0.270 e. The molecule has 0 radical (unpaired) electrons. The molecule has 0 aromatic carbocycles. The number of carbonyl (C=O) groups is 1. The van der Waals surface area contributed by atoms with Crippen molar-refractivity contribution in [1.29, 1.82) is 0 Å². The Labute approximate surface area is 136 Å². The number of rotatable bonds is 4. The lowest BCUT2D eigenvalue weighted by molar-refractivity contribution is -0.0323.